The molecule has 1 aromatic rings. The highest BCUT2D eigenvalue weighted by Crippen LogP contribution is 2.17. The van der Waals surface area contributed by atoms with Gasteiger partial charge in [0.1, 0.15) is 0 Å². The summed E-state index contributed by atoms with van der Waals surface area (Å²) in [4.78, 5) is 0. The van der Waals surface area contributed by atoms with Crippen LogP contribution in [0.25, 0.3) is 0 Å². The van der Waals surface area contributed by atoms with Crippen LogP contribution in [0.2, 0.25) is 0 Å². The Morgan fingerprint density at radius 2 is 2.25 bits per heavy atom. The van der Waals surface area contributed by atoms with Gasteiger partial charge in [0.15, 0.2) is 0 Å². The van der Waals surface area contributed by atoms with Crippen LogP contribution in [0.4, 0.5) is 0 Å². The molecule has 16 heavy (non-hydrogen) atoms. The molecule has 0 amide bonds. The predicted octanol–water partition coefficient (Wildman–Crippen LogP) is 0.761. The van der Waals surface area contributed by atoms with E-state index in [4.69, 9.17) is 4.74 Å². The number of rotatable bonds is 6. The van der Waals surface area contributed by atoms with Crippen LogP contribution < -0.4 is 5.32 Å². The molecule has 0 spiro atoms. The minimum atomic E-state index is -0.115. The standard InChI is InChI=1S/C11H22N4O/c1-11(2,16-5)7-9(12-3)6-10-8-15(4)14-13-10/h8-9,12H,6-7H2,1-5H3. The van der Waals surface area contributed by atoms with Crippen molar-refractivity contribution >= 4 is 0 Å². The van der Waals surface area contributed by atoms with Gasteiger partial charge in [0.05, 0.1) is 11.3 Å². The van der Waals surface area contributed by atoms with Crippen molar-refractivity contribution in [3.8, 4) is 0 Å². The van der Waals surface area contributed by atoms with Gasteiger partial charge in [-0.25, -0.2) is 0 Å². The van der Waals surface area contributed by atoms with Gasteiger partial charge in [-0.1, -0.05) is 5.21 Å². The molecule has 0 aliphatic heterocycles. The lowest BCUT2D eigenvalue weighted by Crippen LogP contribution is -2.37. The minimum absolute atomic E-state index is 0.115. The molecule has 1 atom stereocenters. The molecule has 0 aromatic carbocycles. The molecule has 1 N–H and O–H groups in total. The first-order valence-electron chi connectivity index (χ1n) is 5.54. The third-order valence-electron chi connectivity index (χ3n) is 2.80. The summed E-state index contributed by atoms with van der Waals surface area (Å²) >= 11 is 0. The minimum Gasteiger partial charge on any atom is -0.379 e. The summed E-state index contributed by atoms with van der Waals surface area (Å²) in [5.41, 5.74) is 0.893. The van der Waals surface area contributed by atoms with Gasteiger partial charge in [-0.2, -0.15) is 0 Å². The van der Waals surface area contributed by atoms with Crippen molar-refractivity contribution in [1.29, 1.82) is 0 Å². The molecule has 5 heteroatoms. The molecule has 1 rings (SSSR count). The van der Waals surface area contributed by atoms with Crippen molar-refractivity contribution in [2.24, 2.45) is 7.05 Å². The van der Waals surface area contributed by atoms with E-state index in [1.165, 1.54) is 0 Å². The van der Waals surface area contributed by atoms with E-state index in [0.717, 1.165) is 18.5 Å². The fraction of sp³-hybridized carbons (Fsp3) is 0.818. The second kappa shape index (κ2) is 5.41. The zero-order chi connectivity index (χ0) is 12.2. The number of hydrogen-bond donors (Lipinski definition) is 1. The lowest BCUT2D eigenvalue weighted by molar-refractivity contribution is 0.00766. The molecular formula is C11H22N4O. The summed E-state index contributed by atoms with van der Waals surface area (Å²) in [5, 5.41) is 11.3. The smallest absolute Gasteiger partial charge is 0.0842 e. The molecule has 0 saturated heterocycles. The van der Waals surface area contributed by atoms with Gasteiger partial charge < -0.3 is 10.1 Å². The summed E-state index contributed by atoms with van der Waals surface area (Å²) in [5.74, 6) is 0. The van der Waals surface area contributed by atoms with Crippen LogP contribution >= 0.6 is 0 Å². The molecule has 1 aromatic heterocycles. The van der Waals surface area contributed by atoms with Crippen molar-refractivity contribution in [3.05, 3.63) is 11.9 Å². The van der Waals surface area contributed by atoms with Crippen LogP contribution in [-0.2, 0) is 18.2 Å². The Morgan fingerprint density at radius 3 is 2.69 bits per heavy atom. The Hall–Kier alpha value is -0.940. The van der Waals surface area contributed by atoms with Crippen LogP contribution in [0.15, 0.2) is 6.20 Å². The van der Waals surface area contributed by atoms with Crippen molar-refractivity contribution < 1.29 is 4.74 Å². The number of nitrogens with one attached hydrogen (secondary N) is 1. The maximum Gasteiger partial charge on any atom is 0.0842 e. The highest BCUT2D eigenvalue weighted by atomic mass is 16.5. The molecule has 0 fully saturated rings. The molecule has 5 nitrogen and oxygen atoms in total. The van der Waals surface area contributed by atoms with E-state index in [-0.39, 0.29) is 5.60 Å². The molecule has 92 valence electrons. The Morgan fingerprint density at radius 1 is 1.56 bits per heavy atom. The van der Waals surface area contributed by atoms with Gasteiger partial charge in [-0.3, -0.25) is 4.68 Å². The molecule has 0 aliphatic carbocycles. The summed E-state index contributed by atoms with van der Waals surface area (Å²) in [6, 6.07) is 0.353. The Kier molecular flexibility index (Phi) is 4.44. The predicted molar refractivity (Wildman–Crippen MR) is 63.3 cm³/mol. The number of hydrogen-bond acceptors (Lipinski definition) is 4. The van der Waals surface area contributed by atoms with Crippen LogP contribution in [-0.4, -0.2) is 40.8 Å². The number of aryl methyl sites for hydroxylation is 1. The molecule has 0 saturated carbocycles. The molecular weight excluding hydrogens is 204 g/mol. The summed E-state index contributed by atoms with van der Waals surface area (Å²) in [6.07, 6.45) is 3.76. The average Bonchev–Trinajstić information content (AvgIpc) is 2.63. The van der Waals surface area contributed by atoms with Crippen LogP contribution in [0.3, 0.4) is 0 Å². The van der Waals surface area contributed by atoms with E-state index in [9.17, 15) is 0 Å². The summed E-state index contributed by atoms with van der Waals surface area (Å²) in [6.45, 7) is 4.18. The van der Waals surface area contributed by atoms with E-state index in [1.807, 2.05) is 20.3 Å². The van der Waals surface area contributed by atoms with Gasteiger partial charge in [0, 0.05) is 32.8 Å². The maximum absolute atomic E-state index is 5.43. The van der Waals surface area contributed by atoms with E-state index >= 15 is 0 Å². The highest BCUT2D eigenvalue weighted by Gasteiger charge is 2.22. The molecule has 0 bridgehead atoms. The van der Waals surface area contributed by atoms with Gasteiger partial charge in [0.25, 0.3) is 0 Å². The summed E-state index contributed by atoms with van der Waals surface area (Å²) in [7, 11) is 5.59. The highest BCUT2D eigenvalue weighted by molar-refractivity contribution is 4.96. The lowest BCUT2D eigenvalue weighted by Gasteiger charge is -2.27. The van der Waals surface area contributed by atoms with E-state index in [0.29, 0.717) is 6.04 Å². The number of likely N-dealkylation sites (N-methyl/N-ethyl adjacent to an activating group) is 1. The third kappa shape index (κ3) is 3.90. The number of nitrogens with zero attached hydrogens (tertiary/aromatic N) is 3. The van der Waals surface area contributed by atoms with E-state index in [1.54, 1.807) is 11.8 Å². The SMILES string of the molecule is CNC(Cc1cn(C)nn1)CC(C)(C)OC. The summed E-state index contributed by atoms with van der Waals surface area (Å²) < 4.78 is 7.16. The average molecular weight is 226 g/mol. The zero-order valence-electron chi connectivity index (χ0n) is 10.8. The second-order valence-corrected chi connectivity index (χ2v) is 4.74. The molecule has 1 heterocycles. The Balaban J connectivity index is 2.55. The quantitative estimate of drug-likeness (QED) is 0.778. The van der Waals surface area contributed by atoms with Gasteiger partial charge in [-0.15, -0.1) is 5.10 Å². The Bertz CT molecular complexity index is 322. The van der Waals surface area contributed by atoms with Crippen LogP contribution in [0.1, 0.15) is 26.0 Å². The number of ether oxygens (including phenoxy) is 1. The van der Waals surface area contributed by atoms with E-state index in [2.05, 4.69) is 29.5 Å². The molecule has 0 radical (unpaired) electrons. The lowest BCUT2D eigenvalue weighted by atomic mass is 9.96. The zero-order valence-corrected chi connectivity index (χ0v) is 10.8. The second-order valence-electron chi connectivity index (χ2n) is 4.74. The fourth-order valence-electron chi connectivity index (χ4n) is 1.69. The molecule has 0 aliphatic rings. The van der Waals surface area contributed by atoms with Crippen LogP contribution in [0.5, 0.6) is 0 Å². The third-order valence-corrected chi connectivity index (χ3v) is 2.80. The van der Waals surface area contributed by atoms with Gasteiger partial charge in [-0.05, 0) is 27.3 Å². The van der Waals surface area contributed by atoms with Crippen LogP contribution in [0, 0.1) is 0 Å². The van der Waals surface area contributed by atoms with Gasteiger partial charge >= 0.3 is 0 Å². The van der Waals surface area contributed by atoms with Crippen molar-refractivity contribution in [2.45, 2.75) is 38.3 Å². The first kappa shape index (κ1) is 13.1. The number of aromatic nitrogens is 3. The Labute approximate surface area is 97.2 Å². The van der Waals surface area contributed by atoms with Crippen molar-refractivity contribution in [2.75, 3.05) is 14.2 Å². The first-order chi connectivity index (χ1) is 7.46. The topological polar surface area (TPSA) is 52.0 Å². The van der Waals surface area contributed by atoms with Crippen molar-refractivity contribution in [1.82, 2.24) is 20.3 Å². The van der Waals surface area contributed by atoms with E-state index < -0.39 is 0 Å². The molecule has 1 unspecified atom stereocenters. The van der Waals surface area contributed by atoms with Gasteiger partial charge in [0.2, 0.25) is 0 Å². The van der Waals surface area contributed by atoms with Crippen molar-refractivity contribution in [3.63, 3.8) is 0 Å². The maximum atomic E-state index is 5.43. The fourth-order valence-corrected chi connectivity index (χ4v) is 1.69. The monoisotopic (exact) mass is 226 g/mol. The normalized spacial score (nSPS) is 14.1. The largest absolute Gasteiger partial charge is 0.379 e. The first-order valence-corrected chi connectivity index (χ1v) is 5.54. The number of methoxy groups -OCH3 is 1.